The summed E-state index contributed by atoms with van der Waals surface area (Å²) in [5.41, 5.74) is 0.572. The summed E-state index contributed by atoms with van der Waals surface area (Å²) in [4.78, 5) is 20.4. The topological polar surface area (TPSA) is 78.7 Å². The Bertz CT molecular complexity index is 466. The summed E-state index contributed by atoms with van der Waals surface area (Å²) in [5.74, 6) is -0.0703. The van der Waals surface area contributed by atoms with Gasteiger partial charge in [-0.05, 0) is 32.8 Å². The number of hydrogen-bond donors (Lipinski definition) is 1. The second-order valence-corrected chi connectivity index (χ2v) is 4.33. The smallest absolute Gasteiger partial charge is 0.247 e. The highest BCUT2D eigenvalue weighted by Gasteiger charge is 2.35. The molecule has 0 radical (unpaired) electrons. The molecule has 5 nitrogen and oxygen atoms in total. The van der Waals surface area contributed by atoms with Crippen molar-refractivity contribution in [2.24, 2.45) is 5.41 Å². The fourth-order valence-corrected chi connectivity index (χ4v) is 1.78. The molecule has 0 spiro atoms. The summed E-state index contributed by atoms with van der Waals surface area (Å²) in [6, 6.07) is 3.92. The van der Waals surface area contributed by atoms with Crippen LogP contribution in [0.1, 0.15) is 38.1 Å². The van der Waals surface area contributed by atoms with Gasteiger partial charge in [0, 0.05) is 11.4 Å². The molecule has 1 amide bonds. The van der Waals surface area contributed by atoms with Crippen molar-refractivity contribution in [2.45, 2.75) is 40.5 Å². The van der Waals surface area contributed by atoms with E-state index in [4.69, 9.17) is 0 Å². The predicted molar refractivity (Wildman–Crippen MR) is 68.8 cm³/mol. The van der Waals surface area contributed by atoms with Gasteiger partial charge in [0.15, 0.2) is 0 Å². The van der Waals surface area contributed by atoms with Gasteiger partial charge in [-0.15, -0.1) is 0 Å². The van der Waals surface area contributed by atoms with Crippen LogP contribution in [-0.2, 0) is 4.79 Å². The minimum absolute atomic E-state index is 0.263. The number of nitrogens with one attached hydrogen (secondary N) is 1. The first kappa shape index (κ1) is 14.1. The molecule has 96 valence electrons. The number of nitriles is 1. The second kappa shape index (κ2) is 5.58. The molecule has 0 aliphatic carbocycles. The Labute approximate surface area is 107 Å². The summed E-state index contributed by atoms with van der Waals surface area (Å²) in [7, 11) is 0. The number of rotatable bonds is 4. The summed E-state index contributed by atoms with van der Waals surface area (Å²) in [5, 5.41) is 11.8. The van der Waals surface area contributed by atoms with E-state index < -0.39 is 5.41 Å². The van der Waals surface area contributed by atoms with Crippen LogP contribution >= 0.6 is 0 Å². The van der Waals surface area contributed by atoms with E-state index in [1.54, 1.807) is 0 Å². The van der Waals surface area contributed by atoms with Gasteiger partial charge in [-0.25, -0.2) is 9.97 Å². The lowest BCUT2D eigenvalue weighted by molar-refractivity contribution is -0.123. The highest BCUT2D eigenvalue weighted by Crippen LogP contribution is 2.26. The van der Waals surface area contributed by atoms with Crippen LogP contribution in [0.25, 0.3) is 0 Å². The van der Waals surface area contributed by atoms with E-state index in [-0.39, 0.29) is 11.9 Å². The predicted octanol–water partition coefficient (Wildman–Crippen LogP) is 2.36. The van der Waals surface area contributed by atoms with Gasteiger partial charge in [-0.1, -0.05) is 13.8 Å². The molecule has 0 aromatic carbocycles. The quantitative estimate of drug-likeness (QED) is 0.884. The van der Waals surface area contributed by atoms with Crippen molar-refractivity contribution in [2.75, 3.05) is 5.32 Å². The van der Waals surface area contributed by atoms with Gasteiger partial charge in [0.25, 0.3) is 0 Å². The zero-order valence-electron chi connectivity index (χ0n) is 11.2. The monoisotopic (exact) mass is 246 g/mol. The third-order valence-electron chi connectivity index (χ3n) is 3.06. The molecule has 1 aromatic heterocycles. The molecular formula is C13H18N4O. The first-order chi connectivity index (χ1) is 8.47. The molecule has 1 heterocycles. The average molecular weight is 246 g/mol. The number of aryl methyl sites for hydroxylation is 2. The van der Waals surface area contributed by atoms with Crippen molar-refractivity contribution in [1.29, 1.82) is 5.26 Å². The molecule has 0 unspecified atom stereocenters. The fourth-order valence-electron chi connectivity index (χ4n) is 1.78. The standard InChI is InChI=1S/C13H18N4O/c1-5-13(6-2,8-14)11(18)17-12-15-9(3)7-10(4)16-12/h7H,5-6H2,1-4H3,(H,15,16,17,18). The van der Waals surface area contributed by atoms with Crippen molar-refractivity contribution in [1.82, 2.24) is 9.97 Å². The van der Waals surface area contributed by atoms with Gasteiger partial charge in [0.1, 0.15) is 5.41 Å². The maximum absolute atomic E-state index is 12.1. The Hall–Kier alpha value is -1.96. The van der Waals surface area contributed by atoms with E-state index in [1.165, 1.54) is 0 Å². The Morgan fingerprint density at radius 2 is 1.83 bits per heavy atom. The van der Waals surface area contributed by atoms with E-state index in [9.17, 15) is 10.1 Å². The SMILES string of the molecule is CCC(C#N)(CC)C(=O)Nc1nc(C)cc(C)n1. The van der Waals surface area contributed by atoms with Crippen LogP contribution < -0.4 is 5.32 Å². The van der Waals surface area contributed by atoms with Crippen LogP contribution in [0.3, 0.4) is 0 Å². The molecule has 1 N–H and O–H groups in total. The maximum Gasteiger partial charge on any atom is 0.247 e. The zero-order chi connectivity index (χ0) is 13.8. The van der Waals surface area contributed by atoms with Crippen molar-refractivity contribution in [3.8, 4) is 6.07 Å². The summed E-state index contributed by atoms with van der Waals surface area (Å²) < 4.78 is 0. The van der Waals surface area contributed by atoms with Gasteiger partial charge in [-0.3, -0.25) is 10.1 Å². The van der Waals surface area contributed by atoms with Crippen molar-refractivity contribution >= 4 is 11.9 Å². The van der Waals surface area contributed by atoms with Gasteiger partial charge in [0.05, 0.1) is 6.07 Å². The van der Waals surface area contributed by atoms with Gasteiger partial charge < -0.3 is 0 Å². The molecule has 5 heteroatoms. The maximum atomic E-state index is 12.1. The molecule has 18 heavy (non-hydrogen) atoms. The number of hydrogen-bond acceptors (Lipinski definition) is 4. The van der Waals surface area contributed by atoms with Crippen LogP contribution in [0.4, 0.5) is 5.95 Å². The molecule has 0 saturated heterocycles. The Kier molecular flexibility index (Phi) is 4.38. The van der Waals surface area contributed by atoms with Gasteiger partial charge in [-0.2, -0.15) is 5.26 Å². The minimum atomic E-state index is -0.999. The van der Waals surface area contributed by atoms with Gasteiger partial charge >= 0.3 is 0 Å². The minimum Gasteiger partial charge on any atom is -0.293 e. The molecule has 0 bridgehead atoms. The molecular weight excluding hydrogens is 228 g/mol. The Morgan fingerprint density at radius 3 is 2.22 bits per heavy atom. The van der Waals surface area contributed by atoms with Crippen LogP contribution in [0, 0.1) is 30.6 Å². The molecule has 0 aliphatic rings. The van der Waals surface area contributed by atoms with Gasteiger partial charge in [0.2, 0.25) is 11.9 Å². The number of nitrogens with zero attached hydrogens (tertiary/aromatic N) is 3. The first-order valence-corrected chi connectivity index (χ1v) is 6.02. The van der Waals surface area contributed by atoms with E-state index in [0.717, 1.165) is 11.4 Å². The molecule has 1 aromatic rings. The fraction of sp³-hybridized carbons (Fsp3) is 0.538. The van der Waals surface area contributed by atoms with E-state index in [1.807, 2.05) is 33.8 Å². The van der Waals surface area contributed by atoms with Crippen molar-refractivity contribution in [3.63, 3.8) is 0 Å². The molecule has 0 aliphatic heterocycles. The molecule has 1 rings (SSSR count). The largest absolute Gasteiger partial charge is 0.293 e. The number of carbonyl (C=O) groups excluding carboxylic acids is 1. The van der Waals surface area contributed by atoms with Crippen LogP contribution in [0.15, 0.2) is 6.07 Å². The number of aromatic nitrogens is 2. The van der Waals surface area contributed by atoms with E-state index in [0.29, 0.717) is 12.8 Å². The van der Waals surface area contributed by atoms with Crippen molar-refractivity contribution in [3.05, 3.63) is 17.5 Å². The number of amides is 1. The zero-order valence-corrected chi connectivity index (χ0v) is 11.2. The second-order valence-electron chi connectivity index (χ2n) is 4.33. The number of anilines is 1. The lowest BCUT2D eigenvalue weighted by atomic mass is 9.83. The number of carbonyl (C=O) groups is 1. The molecule has 0 fully saturated rings. The van der Waals surface area contributed by atoms with Crippen molar-refractivity contribution < 1.29 is 4.79 Å². The Morgan fingerprint density at radius 1 is 1.33 bits per heavy atom. The van der Waals surface area contributed by atoms with Crippen LogP contribution in [-0.4, -0.2) is 15.9 Å². The first-order valence-electron chi connectivity index (χ1n) is 6.02. The van der Waals surface area contributed by atoms with Crippen LogP contribution in [0.2, 0.25) is 0 Å². The lowest BCUT2D eigenvalue weighted by Gasteiger charge is -2.21. The highest BCUT2D eigenvalue weighted by atomic mass is 16.2. The summed E-state index contributed by atoms with van der Waals surface area (Å²) in [6.45, 7) is 7.33. The Balaban J connectivity index is 2.97. The normalized spacial score (nSPS) is 10.8. The lowest BCUT2D eigenvalue weighted by Crippen LogP contribution is -2.34. The van der Waals surface area contributed by atoms with E-state index >= 15 is 0 Å². The van der Waals surface area contributed by atoms with Crippen LogP contribution in [0.5, 0.6) is 0 Å². The highest BCUT2D eigenvalue weighted by molar-refractivity contribution is 5.95. The third-order valence-corrected chi connectivity index (χ3v) is 3.06. The molecule has 0 atom stereocenters. The summed E-state index contributed by atoms with van der Waals surface area (Å²) in [6.07, 6.45) is 0.938. The van der Waals surface area contributed by atoms with E-state index in [2.05, 4.69) is 21.4 Å². The average Bonchev–Trinajstić information content (AvgIpc) is 2.30. The third kappa shape index (κ3) is 2.83. The molecule has 0 saturated carbocycles. The summed E-state index contributed by atoms with van der Waals surface area (Å²) >= 11 is 0.